The number of allylic oxidation sites excluding steroid dienone is 2. The number of esters is 2. The molecule has 0 spiro atoms. The maximum absolute atomic E-state index is 12.6. The number of carbonyl (C=O) groups is 2. The number of dihydropyridines is 1. The average molecular weight is 380 g/mol. The van der Waals surface area contributed by atoms with E-state index in [2.05, 4.69) is 12.2 Å². The zero-order valence-electron chi connectivity index (χ0n) is 17.8. The first-order valence-electron chi connectivity index (χ1n) is 10.5. The van der Waals surface area contributed by atoms with Crippen molar-refractivity contribution in [3.8, 4) is 0 Å². The lowest BCUT2D eigenvalue weighted by atomic mass is 9.81. The van der Waals surface area contributed by atoms with Crippen LogP contribution in [0, 0.1) is 5.92 Å². The summed E-state index contributed by atoms with van der Waals surface area (Å²) in [6.07, 6.45) is 9.10. The van der Waals surface area contributed by atoms with Crippen molar-refractivity contribution in [2.75, 3.05) is 13.2 Å². The van der Waals surface area contributed by atoms with Gasteiger partial charge in [0.25, 0.3) is 0 Å². The molecular weight excluding hydrogens is 342 g/mol. The second kappa shape index (κ2) is 12.6. The van der Waals surface area contributed by atoms with Crippen LogP contribution >= 0.6 is 0 Å². The van der Waals surface area contributed by atoms with Crippen molar-refractivity contribution < 1.29 is 19.1 Å². The highest BCUT2D eigenvalue weighted by Crippen LogP contribution is 2.35. The molecule has 5 nitrogen and oxygen atoms in total. The van der Waals surface area contributed by atoms with Crippen molar-refractivity contribution in [1.29, 1.82) is 0 Å². The molecule has 1 aliphatic rings. The molecule has 0 saturated carbocycles. The topological polar surface area (TPSA) is 64.6 Å². The first-order chi connectivity index (χ1) is 13.0. The van der Waals surface area contributed by atoms with Gasteiger partial charge in [0.1, 0.15) is 0 Å². The molecule has 0 unspecified atom stereocenters. The van der Waals surface area contributed by atoms with Gasteiger partial charge >= 0.3 is 11.9 Å². The Bertz CT molecular complexity index is 523. The summed E-state index contributed by atoms with van der Waals surface area (Å²) in [7, 11) is 0. The lowest BCUT2D eigenvalue weighted by Gasteiger charge is -2.30. The number of unbranched alkanes of at least 4 members (excludes halogenated alkanes) is 6. The summed E-state index contributed by atoms with van der Waals surface area (Å²) in [4.78, 5) is 25.1. The van der Waals surface area contributed by atoms with Crippen molar-refractivity contribution in [2.45, 2.75) is 86.0 Å². The van der Waals surface area contributed by atoms with Gasteiger partial charge in [0, 0.05) is 17.3 Å². The standard InChI is InChI=1S/C22H37NO4/c1-6-9-10-11-12-13-14-15-18-19(21(24)26-7-2)16(4)23-17(5)20(18)22(25)27-8-3/h18,23H,6-15H2,1-5H3. The van der Waals surface area contributed by atoms with Crippen LogP contribution in [0.25, 0.3) is 0 Å². The molecule has 154 valence electrons. The van der Waals surface area contributed by atoms with E-state index in [1.165, 1.54) is 32.1 Å². The highest BCUT2D eigenvalue weighted by molar-refractivity contribution is 5.97. The number of hydrogen-bond acceptors (Lipinski definition) is 5. The highest BCUT2D eigenvalue weighted by atomic mass is 16.5. The number of carbonyl (C=O) groups excluding carboxylic acids is 2. The Hall–Kier alpha value is -1.78. The van der Waals surface area contributed by atoms with E-state index in [0.29, 0.717) is 24.4 Å². The van der Waals surface area contributed by atoms with Crippen molar-refractivity contribution in [1.82, 2.24) is 5.32 Å². The fourth-order valence-electron chi connectivity index (χ4n) is 3.69. The highest BCUT2D eigenvalue weighted by Gasteiger charge is 2.36. The first-order valence-corrected chi connectivity index (χ1v) is 10.5. The average Bonchev–Trinajstić information content (AvgIpc) is 2.60. The maximum atomic E-state index is 12.6. The van der Waals surface area contributed by atoms with Crippen molar-refractivity contribution in [2.24, 2.45) is 5.92 Å². The molecule has 0 amide bonds. The van der Waals surface area contributed by atoms with Crippen LogP contribution in [0.4, 0.5) is 0 Å². The van der Waals surface area contributed by atoms with E-state index in [0.717, 1.165) is 30.7 Å². The van der Waals surface area contributed by atoms with Crippen LogP contribution in [0.2, 0.25) is 0 Å². The molecular formula is C22H37NO4. The number of rotatable bonds is 12. The van der Waals surface area contributed by atoms with Gasteiger partial charge in [0.15, 0.2) is 0 Å². The number of ether oxygens (including phenoxy) is 2. The summed E-state index contributed by atoms with van der Waals surface area (Å²) < 4.78 is 10.5. The molecule has 1 N–H and O–H groups in total. The molecule has 1 heterocycles. The van der Waals surface area contributed by atoms with Gasteiger partial charge in [0.2, 0.25) is 0 Å². The molecule has 0 aromatic carbocycles. The Kier molecular flexibility index (Phi) is 10.8. The third-order valence-electron chi connectivity index (χ3n) is 4.97. The Morgan fingerprint density at radius 2 is 1.22 bits per heavy atom. The van der Waals surface area contributed by atoms with Gasteiger partial charge in [-0.05, 0) is 34.1 Å². The Labute approximate surface area is 164 Å². The smallest absolute Gasteiger partial charge is 0.336 e. The van der Waals surface area contributed by atoms with Crippen LogP contribution < -0.4 is 5.32 Å². The maximum Gasteiger partial charge on any atom is 0.336 e. The molecule has 1 aliphatic heterocycles. The van der Waals surface area contributed by atoms with Gasteiger partial charge < -0.3 is 14.8 Å². The Morgan fingerprint density at radius 3 is 1.67 bits per heavy atom. The molecule has 0 radical (unpaired) electrons. The van der Waals surface area contributed by atoms with E-state index in [1.807, 2.05) is 13.8 Å². The summed E-state index contributed by atoms with van der Waals surface area (Å²) in [5, 5.41) is 3.17. The van der Waals surface area contributed by atoms with Crippen LogP contribution in [-0.2, 0) is 19.1 Å². The molecule has 27 heavy (non-hydrogen) atoms. The van der Waals surface area contributed by atoms with E-state index in [4.69, 9.17) is 9.47 Å². The van der Waals surface area contributed by atoms with Gasteiger partial charge in [-0.3, -0.25) is 0 Å². The van der Waals surface area contributed by atoms with Crippen LogP contribution in [0.3, 0.4) is 0 Å². The second-order valence-corrected chi connectivity index (χ2v) is 7.11. The van der Waals surface area contributed by atoms with Crippen molar-refractivity contribution in [3.63, 3.8) is 0 Å². The summed E-state index contributed by atoms with van der Waals surface area (Å²) >= 11 is 0. The monoisotopic (exact) mass is 379 g/mol. The molecule has 5 heteroatoms. The van der Waals surface area contributed by atoms with E-state index < -0.39 is 0 Å². The Morgan fingerprint density at radius 1 is 0.778 bits per heavy atom. The molecule has 0 aromatic heterocycles. The van der Waals surface area contributed by atoms with Crippen LogP contribution in [-0.4, -0.2) is 25.2 Å². The molecule has 0 atom stereocenters. The quantitative estimate of drug-likeness (QED) is 0.381. The molecule has 0 bridgehead atoms. The number of hydrogen-bond donors (Lipinski definition) is 1. The van der Waals surface area contributed by atoms with Gasteiger partial charge in [-0.2, -0.15) is 0 Å². The zero-order chi connectivity index (χ0) is 20.2. The third-order valence-corrected chi connectivity index (χ3v) is 4.97. The largest absolute Gasteiger partial charge is 0.463 e. The Balaban J connectivity index is 2.89. The molecule has 0 saturated heterocycles. The lowest BCUT2D eigenvalue weighted by Crippen LogP contribution is -2.33. The number of nitrogens with one attached hydrogen (secondary N) is 1. The summed E-state index contributed by atoms with van der Waals surface area (Å²) in [5.74, 6) is -0.950. The van der Waals surface area contributed by atoms with Crippen molar-refractivity contribution in [3.05, 3.63) is 22.5 Å². The summed E-state index contributed by atoms with van der Waals surface area (Å²) in [6, 6.07) is 0. The van der Waals surface area contributed by atoms with Crippen LogP contribution in [0.5, 0.6) is 0 Å². The summed E-state index contributed by atoms with van der Waals surface area (Å²) in [5.41, 5.74) is 2.67. The SMILES string of the molecule is CCCCCCCCCC1C(C(=O)OCC)=C(C)NC(C)=C1C(=O)OCC. The fourth-order valence-corrected chi connectivity index (χ4v) is 3.69. The summed E-state index contributed by atoms with van der Waals surface area (Å²) in [6.45, 7) is 10.2. The minimum atomic E-state index is -0.343. The van der Waals surface area contributed by atoms with Gasteiger partial charge in [-0.1, -0.05) is 51.9 Å². The molecule has 0 aliphatic carbocycles. The predicted molar refractivity (Wildman–Crippen MR) is 108 cm³/mol. The molecule has 0 aromatic rings. The zero-order valence-corrected chi connectivity index (χ0v) is 17.8. The van der Waals surface area contributed by atoms with E-state index in [-0.39, 0.29) is 17.9 Å². The van der Waals surface area contributed by atoms with E-state index >= 15 is 0 Å². The first kappa shape index (κ1) is 23.3. The van der Waals surface area contributed by atoms with Crippen molar-refractivity contribution >= 4 is 11.9 Å². The molecule has 1 rings (SSSR count). The third kappa shape index (κ3) is 7.04. The predicted octanol–water partition coefficient (Wildman–Crippen LogP) is 5.02. The van der Waals surface area contributed by atoms with Gasteiger partial charge in [0.05, 0.1) is 24.4 Å². The minimum Gasteiger partial charge on any atom is -0.463 e. The van der Waals surface area contributed by atoms with E-state index in [1.54, 1.807) is 13.8 Å². The fraction of sp³-hybridized carbons (Fsp3) is 0.727. The van der Waals surface area contributed by atoms with Gasteiger partial charge in [-0.15, -0.1) is 0 Å². The lowest BCUT2D eigenvalue weighted by molar-refractivity contribution is -0.140. The van der Waals surface area contributed by atoms with Crippen LogP contribution in [0.15, 0.2) is 22.5 Å². The van der Waals surface area contributed by atoms with E-state index in [9.17, 15) is 9.59 Å². The van der Waals surface area contributed by atoms with Crippen LogP contribution in [0.1, 0.15) is 86.0 Å². The minimum absolute atomic E-state index is 0.264. The van der Waals surface area contributed by atoms with Gasteiger partial charge in [-0.25, -0.2) is 9.59 Å². The normalized spacial score (nSPS) is 15.0. The second-order valence-electron chi connectivity index (χ2n) is 7.11. The molecule has 0 fully saturated rings.